The summed E-state index contributed by atoms with van der Waals surface area (Å²) in [7, 11) is 3.20. The van der Waals surface area contributed by atoms with Crippen molar-refractivity contribution in [3.8, 4) is 11.5 Å². The summed E-state index contributed by atoms with van der Waals surface area (Å²) in [5.41, 5.74) is 8.65. The number of nitrogens with two attached hydrogens (primary N) is 1. The van der Waals surface area contributed by atoms with E-state index in [-0.39, 0.29) is 42.1 Å². The van der Waals surface area contributed by atoms with Crippen molar-refractivity contribution in [1.29, 1.82) is 0 Å². The van der Waals surface area contributed by atoms with Crippen molar-refractivity contribution in [2.75, 3.05) is 27.3 Å². The van der Waals surface area contributed by atoms with Gasteiger partial charge in [0.05, 0.1) is 33.0 Å². The van der Waals surface area contributed by atoms with E-state index in [2.05, 4.69) is 10.3 Å². The molecular formula is C24H33IN4O4. The molecule has 1 aliphatic heterocycles. The van der Waals surface area contributed by atoms with Crippen LogP contribution in [0, 0.1) is 0 Å². The van der Waals surface area contributed by atoms with Crippen molar-refractivity contribution in [2.45, 2.75) is 39.1 Å². The van der Waals surface area contributed by atoms with Crippen LogP contribution in [0.4, 0.5) is 0 Å². The summed E-state index contributed by atoms with van der Waals surface area (Å²) in [6.45, 7) is 6.13. The Morgan fingerprint density at radius 2 is 1.67 bits per heavy atom. The molecule has 0 spiro atoms. The molecule has 1 saturated heterocycles. The van der Waals surface area contributed by atoms with E-state index in [1.54, 1.807) is 14.2 Å². The second-order valence-electron chi connectivity index (χ2n) is 7.91. The quantitative estimate of drug-likeness (QED) is 0.303. The molecule has 0 saturated carbocycles. The van der Waals surface area contributed by atoms with Gasteiger partial charge in [-0.2, -0.15) is 0 Å². The maximum atomic E-state index is 12.8. The van der Waals surface area contributed by atoms with Crippen LogP contribution in [0.5, 0.6) is 11.5 Å². The minimum absolute atomic E-state index is 0. The van der Waals surface area contributed by atoms with Crippen LogP contribution in [0.15, 0.2) is 47.5 Å². The average molecular weight is 568 g/mol. The number of nitrogens with one attached hydrogen (secondary N) is 1. The Balaban J connectivity index is 0.00000385. The topological polar surface area (TPSA) is 98.4 Å². The Labute approximate surface area is 212 Å². The summed E-state index contributed by atoms with van der Waals surface area (Å²) in [6.07, 6.45) is 0.0971. The molecule has 2 aromatic carbocycles. The fourth-order valence-corrected chi connectivity index (χ4v) is 3.70. The molecule has 1 fully saturated rings. The fourth-order valence-electron chi connectivity index (χ4n) is 3.70. The van der Waals surface area contributed by atoms with E-state index in [4.69, 9.17) is 19.9 Å². The highest BCUT2D eigenvalue weighted by Crippen LogP contribution is 2.27. The molecule has 1 heterocycles. The predicted octanol–water partition coefficient (Wildman–Crippen LogP) is 3.18. The van der Waals surface area contributed by atoms with E-state index < -0.39 is 0 Å². The molecule has 1 aliphatic rings. The number of halogens is 1. The van der Waals surface area contributed by atoms with E-state index in [1.165, 1.54) is 0 Å². The number of carbonyl (C=O) groups excluding carboxylic acids is 1. The zero-order valence-electron chi connectivity index (χ0n) is 19.5. The van der Waals surface area contributed by atoms with Gasteiger partial charge in [-0.05, 0) is 49.2 Å². The lowest BCUT2D eigenvalue weighted by molar-refractivity contribution is -0.0586. The number of guanidine groups is 1. The van der Waals surface area contributed by atoms with Gasteiger partial charge in [-0.25, -0.2) is 4.99 Å². The van der Waals surface area contributed by atoms with Crippen molar-refractivity contribution in [1.82, 2.24) is 10.2 Å². The van der Waals surface area contributed by atoms with Crippen LogP contribution >= 0.6 is 24.0 Å². The Hall–Kier alpha value is -2.53. The molecule has 2 aromatic rings. The van der Waals surface area contributed by atoms with Crippen molar-refractivity contribution in [3.63, 3.8) is 0 Å². The molecule has 0 radical (unpaired) electrons. The van der Waals surface area contributed by atoms with Gasteiger partial charge in [0.1, 0.15) is 0 Å². The van der Waals surface area contributed by atoms with Gasteiger partial charge < -0.3 is 30.2 Å². The maximum absolute atomic E-state index is 12.8. The molecule has 0 aliphatic carbocycles. The molecule has 0 aromatic heterocycles. The standard InChI is InChI=1S/C24H32N4O4.HI/c1-16-14-28(15-17(2)32-16)23(29)20-8-5-18(6-9-20)12-26-24(25)27-13-19-7-10-21(30-3)22(11-19)31-4;/h5-11,16-17H,12-15H2,1-4H3,(H3,25,26,27);1H. The molecule has 3 N–H and O–H groups in total. The smallest absolute Gasteiger partial charge is 0.254 e. The molecule has 2 atom stereocenters. The third-order valence-electron chi connectivity index (χ3n) is 5.26. The van der Waals surface area contributed by atoms with Gasteiger partial charge in [0.2, 0.25) is 0 Å². The molecule has 9 heteroatoms. The molecule has 2 unspecified atom stereocenters. The number of carbonyl (C=O) groups is 1. The SMILES string of the molecule is COc1ccc(CN=C(N)NCc2ccc(C(=O)N3CC(C)OC(C)C3)cc2)cc1OC.I. The van der Waals surface area contributed by atoms with Crippen LogP contribution in [0.1, 0.15) is 35.3 Å². The number of ether oxygens (including phenoxy) is 3. The highest BCUT2D eigenvalue weighted by atomic mass is 127. The number of aliphatic imine (C=N–C) groups is 1. The maximum Gasteiger partial charge on any atom is 0.254 e. The molecule has 33 heavy (non-hydrogen) atoms. The fraction of sp³-hybridized carbons (Fsp3) is 0.417. The summed E-state index contributed by atoms with van der Waals surface area (Å²) >= 11 is 0. The number of rotatable bonds is 7. The monoisotopic (exact) mass is 568 g/mol. The van der Waals surface area contributed by atoms with Gasteiger partial charge >= 0.3 is 0 Å². The van der Waals surface area contributed by atoms with E-state index in [1.807, 2.05) is 61.2 Å². The van der Waals surface area contributed by atoms with Gasteiger partial charge in [0, 0.05) is 25.2 Å². The minimum atomic E-state index is 0. The molecule has 0 bridgehead atoms. The number of morpholine rings is 1. The molecule has 8 nitrogen and oxygen atoms in total. The van der Waals surface area contributed by atoms with Gasteiger partial charge in [0.25, 0.3) is 5.91 Å². The first-order valence-corrected chi connectivity index (χ1v) is 10.7. The van der Waals surface area contributed by atoms with Gasteiger partial charge in [-0.1, -0.05) is 18.2 Å². The summed E-state index contributed by atoms with van der Waals surface area (Å²) in [4.78, 5) is 19.0. The Morgan fingerprint density at radius 1 is 1.06 bits per heavy atom. The van der Waals surface area contributed by atoms with E-state index in [0.29, 0.717) is 49.2 Å². The number of nitrogens with zero attached hydrogens (tertiary/aromatic N) is 2. The van der Waals surface area contributed by atoms with E-state index >= 15 is 0 Å². The van der Waals surface area contributed by atoms with Crippen molar-refractivity contribution < 1.29 is 19.0 Å². The lowest BCUT2D eigenvalue weighted by Gasteiger charge is -2.35. The third kappa shape index (κ3) is 7.50. The van der Waals surface area contributed by atoms with E-state index in [9.17, 15) is 4.79 Å². The van der Waals surface area contributed by atoms with Crippen LogP contribution in [0.2, 0.25) is 0 Å². The van der Waals surface area contributed by atoms with Crippen molar-refractivity contribution in [3.05, 3.63) is 59.2 Å². The summed E-state index contributed by atoms with van der Waals surface area (Å²) < 4.78 is 16.3. The number of amides is 1. The first-order chi connectivity index (χ1) is 15.4. The minimum Gasteiger partial charge on any atom is -0.493 e. The Kier molecular flexibility index (Phi) is 10.2. The predicted molar refractivity (Wildman–Crippen MR) is 139 cm³/mol. The molecule has 3 rings (SSSR count). The zero-order chi connectivity index (χ0) is 23.1. The molecular weight excluding hydrogens is 535 g/mol. The first-order valence-electron chi connectivity index (χ1n) is 10.7. The van der Waals surface area contributed by atoms with Crippen LogP contribution in [0.25, 0.3) is 0 Å². The Bertz CT molecular complexity index is 942. The zero-order valence-corrected chi connectivity index (χ0v) is 21.9. The van der Waals surface area contributed by atoms with Crippen LogP contribution < -0.4 is 20.5 Å². The first kappa shape index (κ1) is 26.7. The lowest BCUT2D eigenvalue weighted by atomic mass is 10.1. The largest absolute Gasteiger partial charge is 0.493 e. The summed E-state index contributed by atoms with van der Waals surface area (Å²) in [5, 5.41) is 3.10. The highest BCUT2D eigenvalue weighted by molar-refractivity contribution is 14.0. The normalized spacial score (nSPS) is 18.3. The van der Waals surface area contributed by atoms with Gasteiger partial charge in [-0.3, -0.25) is 4.79 Å². The molecule has 180 valence electrons. The second kappa shape index (κ2) is 12.6. The number of hydrogen-bond acceptors (Lipinski definition) is 5. The third-order valence-corrected chi connectivity index (χ3v) is 5.26. The molecule has 1 amide bonds. The number of hydrogen-bond donors (Lipinski definition) is 2. The van der Waals surface area contributed by atoms with Gasteiger partial charge in [0.15, 0.2) is 17.5 Å². The van der Waals surface area contributed by atoms with Gasteiger partial charge in [-0.15, -0.1) is 24.0 Å². The lowest BCUT2D eigenvalue weighted by Crippen LogP contribution is -2.48. The van der Waals surface area contributed by atoms with Crippen LogP contribution in [0.3, 0.4) is 0 Å². The summed E-state index contributed by atoms with van der Waals surface area (Å²) in [6, 6.07) is 13.2. The van der Waals surface area contributed by atoms with Crippen LogP contribution in [-0.2, 0) is 17.8 Å². The summed E-state index contributed by atoms with van der Waals surface area (Å²) in [5.74, 6) is 1.70. The van der Waals surface area contributed by atoms with Crippen molar-refractivity contribution in [2.24, 2.45) is 10.7 Å². The van der Waals surface area contributed by atoms with Crippen molar-refractivity contribution >= 4 is 35.8 Å². The average Bonchev–Trinajstić information content (AvgIpc) is 2.80. The second-order valence-corrected chi connectivity index (χ2v) is 7.91. The highest BCUT2D eigenvalue weighted by Gasteiger charge is 2.26. The van der Waals surface area contributed by atoms with Crippen LogP contribution in [-0.4, -0.2) is 56.3 Å². The van der Waals surface area contributed by atoms with E-state index in [0.717, 1.165) is 11.1 Å². The number of benzene rings is 2. The number of methoxy groups -OCH3 is 2. The Morgan fingerprint density at radius 3 is 2.27 bits per heavy atom.